The van der Waals surface area contributed by atoms with Crippen molar-refractivity contribution in [3.05, 3.63) is 53.6 Å². The molecule has 2 aromatic carbocycles. The van der Waals surface area contributed by atoms with Crippen molar-refractivity contribution in [2.75, 3.05) is 45.7 Å². The number of ether oxygens (including phenoxy) is 2. The van der Waals surface area contributed by atoms with Gasteiger partial charge in [-0.2, -0.15) is 0 Å². The number of nitrogens with zero attached hydrogens (tertiary/aromatic N) is 2. The quantitative estimate of drug-likeness (QED) is 0.449. The average Bonchev–Trinajstić information content (AvgIpc) is 2.82. The Kier molecular flexibility index (Phi) is 7.91. The summed E-state index contributed by atoms with van der Waals surface area (Å²) in [5.41, 5.74) is 2.37. The smallest absolute Gasteiger partial charge is 0.254 e. The minimum Gasteiger partial charge on any atom is -0.493 e. The van der Waals surface area contributed by atoms with E-state index in [9.17, 15) is 9.59 Å². The summed E-state index contributed by atoms with van der Waals surface area (Å²) < 4.78 is 10.9. The van der Waals surface area contributed by atoms with Crippen LogP contribution in [-0.2, 0) is 11.3 Å². The molecule has 0 aliphatic carbocycles. The third-order valence-corrected chi connectivity index (χ3v) is 4.94. The highest BCUT2D eigenvalue weighted by atomic mass is 16.5. The lowest BCUT2D eigenvalue weighted by Crippen LogP contribution is -2.49. The molecule has 9 heteroatoms. The fraction of sp³-hybridized carbons (Fsp3) is 0.348. The Balaban J connectivity index is 1.57. The van der Waals surface area contributed by atoms with Gasteiger partial charge in [-0.25, -0.2) is 0 Å². The van der Waals surface area contributed by atoms with E-state index >= 15 is 0 Å². The van der Waals surface area contributed by atoms with E-state index < -0.39 is 0 Å². The number of rotatable bonds is 7. The highest BCUT2D eigenvalue weighted by molar-refractivity contribution is 5.97. The lowest BCUT2D eigenvalue weighted by atomic mass is 10.1. The van der Waals surface area contributed by atoms with Crippen LogP contribution in [0.4, 0.5) is 5.69 Å². The zero-order valence-electron chi connectivity index (χ0n) is 18.6. The molecular weight excluding hydrogens is 410 g/mol. The second kappa shape index (κ2) is 11.0. The Morgan fingerprint density at radius 3 is 2.62 bits per heavy atom. The van der Waals surface area contributed by atoms with Gasteiger partial charge in [-0.05, 0) is 36.8 Å². The maximum atomic E-state index is 12.6. The maximum absolute atomic E-state index is 12.6. The Morgan fingerprint density at radius 1 is 1.19 bits per heavy atom. The molecule has 0 unspecified atom stereocenters. The molecule has 1 aliphatic rings. The molecule has 0 saturated carbocycles. The predicted octanol–water partition coefficient (Wildman–Crippen LogP) is 1.85. The molecular formula is C23H29N5O4. The van der Waals surface area contributed by atoms with Crippen molar-refractivity contribution in [2.24, 2.45) is 4.99 Å². The van der Waals surface area contributed by atoms with Gasteiger partial charge in [-0.1, -0.05) is 12.1 Å². The van der Waals surface area contributed by atoms with Crippen molar-refractivity contribution in [1.82, 2.24) is 15.5 Å². The highest BCUT2D eigenvalue weighted by Gasteiger charge is 2.22. The van der Waals surface area contributed by atoms with Crippen molar-refractivity contribution in [3.8, 4) is 11.5 Å². The minimum atomic E-state index is -0.138. The van der Waals surface area contributed by atoms with Gasteiger partial charge in [-0.15, -0.1) is 0 Å². The SMILES string of the molecule is CCOc1cc(NC(=NC)NCc2ccc(C(=O)N3CCNC(=O)C3)cc2)ccc1OC. The number of amides is 2. The topological polar surface area (TPSA) is 104 Å². The van der Waals surface area contributed by atoms with Gasteiger partial charge in [-0.3, -0.25) is 14.6 Å². The third kappa shape index (κ3) is 5.90. The number of methoxy groups -OCH3 is 1. The van der Waals surface area contributed by atoms with E-state index in [1.165, 1.54) is 0 Å². The highest BCUT2D eigenvalue weighted by Crippen LogP contribution is 2.30. The molecule has 2 amide bonds. The van der Waals surface area contributed by atoms with Crippen LogP contribution in [0.2, 0.25) is 0 Å². The lowest BCUT2D eigenvalue weighted by Gasteiger charge is -2.26. The van der Waals surface area contributed by atoms with Gasteiger partial charge in [0.15, 0.2) is 17.5 Å². The van der Waals surface area contributed by atoms with Gasteiger partial charge in [0.25, 0.3) is 5.91 Å². The first kappa shape index (κ1) is 22.9. The van der Waals surface area contributed by atoms with E-state index in [0.717, 1.165) is 11.3 Å². The first-order chi connectivity index (χ1) is 15.5. The van der Waals surface area contributed by atoms with Crippen molar-refractivity contribution >= 4 is 23.5 Å². The summed E-state index contributed by atoms with van der Waals surface area (Å²) in [6.45, 7) is 4.08. The van der Waals surface area contributed by atoms with Crippen molar-refractivity contribution in [3.63, 3.8) is 0 Å². The summed E-state index contributed by atoms with van der Waals surface area (Å²) in [7, 11) is 3.30. The number of carbonyl (C=O) groups is 2. The lowest BCUT2D eigenvalue weighted by molar-refractivity contribution is -0.123. The fourth-order valence-corrected chi connectivity index (χ4v) is 3.28. The van der Waals surface area contributed by atoms with E-state index in [4.69, 9.17) is 9.47 Å². The van der Waals surface area contributed by atoms with Crippen molar-refractivity contribution in [2.45, 2.75) is 13.5 Å². The molecule has 1 fully saturated rings. The Hall–Kier alpha value is -3.75. The summed E-state index contributed by atoms with van der Waals surface area (Å²) in [6.07, 6.45) is 0. The molecule has 0 atom stereocenters. The van der Waals surface area contributed by atoms with Gasteiger partial charge in [0, 0.05) is 44.0 Å². The van der Waals surface area contributed by atoms with E-state index in [0.29, 0.717) is 49.3 Å². The van der Waals surface area contributed by atoms with Crippen LogP contribution in [0.25, 0.3) is 0 Å². The Bertz CT molecular complexity index is 975. The molecule has 0 radical (unpaired) electrons. The predicted molar refractivity (Wildman–Crippen MR) is 123 cm³/mol. The zero-order valence-corrected chi connectivity index (χ0v) is 18.6. The fourth-order valence-electron chi connectivity index (χ4n) is 3.28. The first-order valence-electron chi connectivity index (χ1n) is 10.5. The van der Waals surface area contributed by atoms with Crippen LogP contribution in [0.15, 0.2) is 47.5 Å². The molecule has 0 aromatic heterocycles. The van der Waals surface area contributed by atoms with E-state index in [-0.39, 0.29) is 18.4 Å². The van der Waals surface area contributed by atoms with Crippen LogP contribution in [-0.4, -0.2) is 63.1 Å². The molecule has 3 rings (SSSR count). The minimum absolute atomic E-state index is 0.0977. The number of nitrogens with one attached hydrogen (secondary N) is 3. The number of anilines is 1. The van der Waals surface area contributed by atoms with E-state index in [1.54, 1.807) is 31.2 Å². The number of aliphatic imine (C=N–C) groups is 1. The van der Waals surface area contributed by atoms with Crippen LogP contribution in [0.5, 0.6) is 11.5 Å². The standard InChI is InChI=1S/C23H29N5O4/c1-4-32-20-13-18(9-10-19(20)31-3)27-23(24-2)26-14-16-5-7-17(8-6-16)22(30)28-12-11-25-21(29)15-28/h5-10,13H,4,11-12,14-15H2,1-3H3,(H,25,29)(H2,24,26,27). The number of piperazine rings is 1. The largest absolute Gasteiger partial charge is 0.493 e. The average molecular weight is 440 g/mol. The van der Waals surface area contributed by atoms with Crippen molar-refractivity contribution in [1.29, 1.82) is 0 Å². The van der Waals surface area contributed by atoms with E-state index in [2.05, 4.69) is 20.9 Å². The zero-order chi connectivity index (χ0) is 22.9. The summed E-state index contributed by atoms with van der Waals surface area (Å²) in [5.74, 6) is 1.65. The molecule has 3 N–H and O–H groups in total. The molecule has 170 valence electrons. The van der Waals surface area contributed by atoms with E-state index in [1.807, 2.05) is 37.3 Å². The van der Waals surface area contributed by atoms with Crippen LogP contribution in [0.1, 0.15) is 22.8 Å². The number of guanidine groups is 1. The Labute approximate surface area is 187 Å². The molecule has 2 aromatic rings. The molecule has 0 bridgehead atoms. The molecule has 32 heavy (non-hydrogen) atoms. The monoisotopic (exact) mass is 439 g/mol. The molecule has 1 saturated heterocycles. The summed E-state index contributed by atoms with van der Waals surface area (Å²) in [5, 5.41) is 9.20. The maximum Gasteiger partial charge on any atom is 0.254 e. The van der Waals surface area contributed by atoms with Gasteiger partial charge >= 0.3 is 0 Å². The van der Waals surface area contributed by atoms with Crippen LogP contribution in [0, 0.1) is 0 Å². The molecule has 0 spiro atoms. The van der Waals surface area contributed by atoms with Crippen molar-refractivity contribution < 1.29 is 19.1 Å². The third-order valence-electron chi connectivity index (χ3n) is 4.94. The second-order valence-electron chi connectivity index (χ2n) is 7.12. The molecule has 1 aliphatic heterocycles. The van der Waals surface area contributed by atoms with Gasteiger partial charge in [0.2, 0.25) is 5.91 Å². The normalized spacial score (nSPS) is 13.9. The van der Waals surface area contributed by atoms with Crippen LogP contribution >= 0.6 is 0 Å². The number of carbonyl (C=O) groups excluding carboxylic acids is 2. The van der Waals surface area contributed by atoms with Crippen LogP contribution < -0.4 is 25.4 Å². The number of hydrogen-bond acceptors (Lipinski definition) is 5. The Morgan fingerprint density at radius 2 is 1.97 bits per heavy atom. The number of benzene rings is 2. The summed E-state index contributed by atoms with van der Waals surface area (Å²) in [4.78, 5) is 29.9. The molecule has 1 heterocycles. The second-order valence-corrected chi connectivity index (χ2v) is 7.12. The molecule has 9 nitrogen and oxygen atoms in total. The van der Waals surface area contributed by atoms with Gasteiger partial charge < -0.3 is 30.3 Å². The van der Waals surface area contributed by atoms with Gasteiger partial charge in [0.05, 0.1) is 20.3 Å². The van der Waals surface area contributed by atoms with Gasteiger partial charge in [0.1, 0.15) is 0 Å². The summed E-state index contributed by atoms with van der Waals surface area (Å²) in [6, 6.07) is 12.9. The summed E-state index contributed by atoms with van der Waals surface area (Å²) >= 11 is 0. The van der Waals surface area contributed by atoms with Crippen LogP contribution in [0.3, 0.4) is 0 Å². The number of hydrogen-bond donors (Lipinski definition) is 3. The first-order valence-corrected chi connectivity index (χ1v) is 10.5.